The van der Waals surface area contributed by atoms with Crippen molar-refractivity contribution >= 4 is 11.9 Å². The lowest BCUT2D eigenvalue weighted by Crippen LogP contribution is -2.40. The smallest absolute Gasteiger partial charge is 0.344 e. The first kappa shape index (κ1) is 21.9. The van der Waals surface area contributed by atoms with Crippen molar-refractivity contribution < 1.29 is 19.8 Å². The van der Waals surface area contributed by atoms with Crippen LogP contribution in [-0.2, 0) is 11.2 Å². The van der Waals surface area contributed by atoms with Crippen molar-refractivity contribution in [1.29, 1.82) is 0 Å². The lowest BCUT2D eigenvalue weighted by atomic mass is 9.94. The average Bonchev–Trinajstić information content (AvgIpc) is 2.78. The first-order chi connectivity index (χ1) is 15.0. The monoisotopic (exact) mass is 421 g/mol. The maximum Gasteiger partial charge on any atom is 0.344 e. The number of amides is 1. The van der Waals surface area contributed by atoms with Crippen molar-refractivity contribution in [3.63, 3.8) is 0 Å². The van der Waals surface area contributed by atoms with Gasteiger partial charge >= 0.3 is 11.7 Å². The zero-order chi connectivity index (χ0) is 22.2. The van der Waals surface area contributed by atoms with E-state index < -0.39 is 36.1 Å². The Kier molecular flexibility index (Phi) is 7.29. The Hall–Kier alpha value is -3.78. The number of carboxylic acid groups (broad SMARTS) is 1. The molecule has 3 aromatic rings. The molecule has 2 aromatic carbocycles. The van der Waals surface area contributed by atoms with E-state index in [0.29, 0.717) is 6.42 Å². The highest BCUT2D eigenvalue weighted by molar-refractivity contribution is 5.93. The number of nitrogens with zero attached hydrogens (tertiary/aromatic N) is 1. The number of nitrogens with one attached hydrogen (secondary N) is 2. The molecule has 0 aliphatic heterocycles. The molecule has 1 amide bonds. The highest BCUT2D eigenvalue weighted by Crippen LogP contribution is 2.21. The van der Waals surface area contributed by atoms with Gasteiger partial charge in [-0.15, -0.1) is 0 Å². The molecule has 0 aliphatic carbocycles. The molecule has 0 fully saturated rings. The Balaban J connectivity index is 1.77. The van der Waals surface area contributed by atoms with Crippen molar-refractivity contribution in [3.05, 3.63) is 88.6 Å². The minimum Gasteiger partial charge on any atom is -0.481 e. The standard InChI is InChI=1S/C23H23N3O5/c27-14-18(22(29)30)11-20(26-21(28)19-12-24-23(31)25-13-19)10-15-6-8-17(9-7-15)16-4-2-1-3-5-16/h1-9,12-13,18,20,27H,10-11,14H2,(H,26,28)(H,29,30)(H,24,25,31)/t18-,20+/m0/s1. The summed E-state index contributed by atoms with van der Waals surface area (Å²) in [7, 11) is 0. The fraction of sp³-hybridized carbons (Fsp3) is 0.217. The van der Waals surface area contributed by atoms with Crippen molar-refractivity contribution in [2.45, 2.75) is 18.9 Å². The van der Waals surface area contributed by atoms with E-state index in [0.717, 1.165) is 22.9 Å². The van der Waals surface area contributed by atoms with E-state index in [1.807, 2.05) is 54.6 Å². The van der Waals surface area contributed by atoms with Crippen LogP contribution in [0.15, 0.2) is 71.8 Å². The minimum atomic E-state index is -1.13. The lowest BCUT2D eigenvalue weighted by Gasteiger charge is -2.22. The molecule has 0 spiro atoms. The van der Waals surface area contributed by atoms with Crippen molar-refractivity contribution in [1.82, 2.24) is 15.3 Å². The maximum absolute atomic E-state index is 12.6. The third-order valence-electron chi connectivity index (χ3n) is 4.95. The van der Waals surface area contributed by atoms with Crippen LogP contribution in [0.1, 0.15) is 22.3 Å². The number of aliphatic carboxylic acids is 1. The number of aromatic amines is 1. The first-order valence-corrected chi connectivity index (χ1v) is 9.80. The molecule has 1 aromatic heterocycles. The summed E-state index contributed by atoms with van der Waals surface area (Å²) in [5.41, 5.74) is 2.61. The molecular weight excluding hydrogens is 398 g/mol. The number of hydrogen-bond acceptors (Lipinski definition) is 5. The molecule has 0 bridgehead atoms. The van der Waals surface area contributed by atoms with Crippen LogP contribution in [0.5, 0.6) is 0 Å². The van der Waals surface area contributed by atoms with E-state index in [1.54, 1.807) is 0 Å². The Bertz CT molecular complexity index is 1060. The number of carbonyl (C=O) groups excluding carboxylic acids is 1. The number of benzene rings is 2. The number of aliphatic hydroxyl groups excluding tert-OH is 1. The summed E-state index contributed by atoms with van der Waals surface area (Å²) in [4.78, 5) is 40.9. The van der Waals surface area contributed by atoms with E-state index in [1.165, 1.54) is 6.20 Å². The van der Waals surface area contributed by atoms with Gasteiger partial charge in [0.1, 0.15) is 0 Å². The highest BCUT2D eigenvalue weighted by atomic mass is 16.4. The summed E-state index contributed by atoms with van der Waals surface area (Å²) in [6, 6.07) is 17.1. The molecule has 8 nitrogen and oxygen atoms in total. The zero-order valence-corrected chi connectivity index (χ0v) is 16.7. The molecule has 2 atom stereocenters. The molecule has 0 saturated carbocycles. The Labute approximate surface area is 178 Å². The number of hydrogen-bond donors (Lipinski definition) is 4. The van der Waals surface area contributed by atoms with Gasteiger partial charge in [-0.1, -0.05) is 54.6 Å². The number of carboxylic acids is 1. The van der Waals surface area contributed by atoms with Gasteiger partial charge in [0, 0.05) is 18.4 Å². The van der Waals surface area contributed by atoms with Crippen LogP contribution in [0.25, 0.3) is 11.1 Å². The van der Waals surface area contributed by atoms with Crippen LogP contribution in [0, 0.1) is 5.92 Å². The quantitative estimate of drug-likeness (QED) is 0.417. The summed E-state index contributed by atoms with van der Waals surface area (Å²) in [5.74, 6) is -2.63. The summed E-state index contributed by atoms with van der Waals surface area (Å²) >= 11 is 0. The number of aliphatic hydroxyl groups is 1. The van der Waals surface area contributed by atoms with Gasteiger partial charge in [0.25, 0.3) is 5.91 Å². The van der Waals surface area contributed by atoms with Crippen LogP contribution in [0.2, 0.25) is 0 Å². The van der Waals surface area contributed by atoms with Gasteiger partial charge in [-0.25, -0.2) is 9.78 Å². The lowest BCUT2D eigenvalue weighted by molar-refractivity contribution is -0.143. The Morgan fingerprint density at radius 3 is 2.29 bits per heavy atom. The van der Waals surface area contributed by atoms with E-state index in [2.05, 4.69) is 15.3 Å². The number of rotatable bonds is 9. The number of aromatic nitrogens is 2. The molecule has 0 radical (unpaired) electrons. The number of H-pyrrole nitrogens is 1. The van der Waals surface area contributed by atoms with Gasteiger partial charge in [0.05, 0.1) is 18.1 Å². The van der Waals surface area contributed by atoms with Crippen LogP contribution in [0.3, 0.4) is 0 Å². The van der Waals surface area contributed by atoms with Gasteiger partial charge in [0.15, 0.2) is 0 Å². The molecule has 4 N–H and O–H groups in total. The summed E-state index contributed by atoms with van der Waals surface area (Å²) in [6.07, 6.45) is 2.83. The molecule has 31 heavy (non-hydrogen) atoms. The molecule has 1 heterocycles. The predicted molar refractivity (Wildman–Crippen MR) is 115 cm³/mol. The third-order valence-corrected chi connectivity index (χ3v) is 4.95. The molecule has 0 unspecified atom stereocenters. The normalized spacial score (nSPS) is 12.7. The number of carbonyl (C=O) groups is 2. The largest absolute Gasteiger partial charge is 0.481 e. The van der Waals surface area contributed by atoms with E-state index in [4.69, 9.17) is 0 Å². The van der Waals surface area contributed by atoms with Crippen LogP contribution >= 0.6 is 0 Å². The third kappa shape index (κ3) is 6.10. The van der Waals surface area contributed by atoms with E-state index >= 15 is 0 Å². The fourth-order valence-corrected chi connectivity index (χ4v) is 3.27. The van der Waals surface area contributed by atoms with E-state index in [-0.39, 0.29) is 12.0 Å². The Morgan fingerprint density at radius 2 is 1.71 bits per heavy atom. The predicted octanol–water partition coefficient (Wildman–Crippen LogP) is 1.86. The van der Waals surface area contributed by atoms with Crippen LogP contribution in [0.4, 0.5) is 0 Å². The van der Waals surface area contributed by atoms with E-state index in [9.17, 15) is 24.6 Å². The van der Waals surface area contributed by atoms with Crippen molar-refractivity contribution in [2.24, 2.45) is 5.92 Å². The van der Waals surface area contributed by atoms with Crippen LogP contribution < -0.4 is 11.0 Å². The van der Waals surface area contributed by atoms with Gasteiger partial charge in [-0.05, 0) is 29.5 Å². The molecule has 3 rings (SSSR count). The molecule has 160 valence electrons. The molecule has 0 aliphatic rings. The average molecular weight is 421 g/mol. The second-order valence-electron chi connectivity index (χ2n) is 7.20. The van der Waals surface area contributed by atoms with Gasteiger partial charge in [0.2, 0.25) is 0 Å². The second kappa shape index (κ2) is 10.3. The van der Waals surface area contributed by atoms with Gasteiger partial charge < -0.3 is 20.5 Å². The maximum atomic E-state index is 12.6. The van der Waals surface area contributed by atoms with Crippen molar-refractivity contribution in [2.75, 3.05) is 6.61 Å². The summed E-state index contributed by atoms with van der Waals surface area (Å²) in [5, 5.41) is 21.5. The van der Waals surface area contributed by atoms with Crippen molar-refractivity contribution in [3.8, 4) is 11.1 Å². The fourth-order valence-electron chi connectivity index (χ4n) is 3.27. The second-order valence-corrected chi connectivity index (χ2v) is 7.20. The molecular formula is C23H23N3O5. The highest BCUT2D eigenvalue weighted by Gasteiger charge is 2.24. The zero-order valence-electron chi connectivity index (χ0n) is 16.7. The van der Waals surface area contributed by atoms with Gasteiger partial charge in [-0.3, -0.25) is 9.59 Å². The Morgan fingerprint density at radius 1 is 1.03 bits per heavy atom. The first-order valence-electron chi connectivity index (χ1n) is 9.80. The molecule has 0 saturated heterocycles. The SMILES string of the molecule is O=C(N[C@H](Cc1ccc(-c2ccccc2)cc1)C[C@@H](CO)C(=O)O)c1cnc(=O)[nH]c1. The summed E-state index contributed by atoms with van der Waals surface area (Å²) < 4.78 is 0. The van der Waals surface area contributed by atoms with Gasteiger partial charge in [-0.2, -0.15) is 0 Å². The summed E-state index contributed by atoms with van der Waals surface area (Å²) in [6.45, 7) is -0.533. The van der Waals surface area contributed by atoms with Crippen LogP contribution in [-0.4, -0.2) is 44.7 Å². The molecule has 8 heteroatoms. The topological polar surface area (TPSA) is 132 Å². The minimum absolute atomic E-state index is 0.0504.